The molecule has 1 rings (SSSR count). The van der Waals surface area contributed by atoms with Crippen LogP contribution in [0.3, 0.4) is 0 Å². The van der Waals surface area contributed by atoms with E-state index in [2.05, 4.69) is 4.74 Å². The quantitative estimate of drug-likeness (QED) is 0.416. The minimum atomic E-state index is -5.13. The molecule has 1 aliphatic rings. The van der Waals surface area contributed by atoms with E-state index in [1.807, 2.05) is 0 Å². The third kappa shape index (κ3) is 1.15. The van der Waals surface area contributed by atoms with Crippen LogP contribution in [-0.2, 0) is 14.3 Å². The van der Waals surface area contributed by atoms with Gasteiger partial charge in [0.1, 0.15) is 0 Å². The highest BCUT2D eigenvalue weighted by Crippen LogP contribution is 2.37. The summed E-state index contributed by atoms with van der Waals surface area (Å²) in [6.07, 6.45) is -6.50. The first-order valence-corrected chi connectivity index (χ1v) is 2.81. The standard InChI is InChI=1S/C5H3F3O4/c6-5(7,8)4(11)1-2(9)3(10)12-4/h11H,1H2. The fourth-order valence-corrected chi connectivity index (χ4v) is 0.694. The molecule has 1 saturated heterocycles. The maximum Gasteiger partial charge on any atom is 0.455 e. The van der Waals surface area contributed by atoms with Crippen molar-refractivity contribution in [1.82, 2.24) is 0 Å². The number of alkyl halides is 3. The van der Waals surface area contributed by atoms with E-state index < -0.39 is 30.1 Å². The Bertz CT molecular complexity index is 228. The molecule has 1 unspecified atom stereocenters. The summed E-state index contributed by atoms with van der Waals surface area (Å²) in [5.41, 5.74) is 0. The van der Waals surface area contributed by atoms with Gasteiger partial charge in [-0.25, -0.2) is 4.79 Å². The van der Waals surface area contributed by atoms with E-state index in [0.717, 1.165) is 0 Å². The van der Waals surface area contributed by atoms with Gasteiger partial charge in [-0.15, -0.1) is 0 Å². The highest BCUT2D eigenvalue weighted by atomic mass is 19.4. The first-order chi connectivity index (χ1) is 5.26. The van der Waals surface area contributed by atoms with Crippen molar-refractivity contribution in [3.63, 3.8) is 0 Å². The zero-order chi connectivity index (χ0) is 9.57. The number of halogens is 3. The van der Waals surface area contributed by atoms with Gasteiger partial charge in [-0.05, 0) is 0 Å². The van der Waals surface area contributed by atoms with E-state index in [1.54, 1.807) is 0 Å². The Morgan fingerprint density at radius 2 is 1.92 bits per heavy atom. The van der Waals surface area contributed by atoms with Gasteiger partial charge in [0.05, 0.1) is 6.42 Å². The summed E-state index contributed by atoms with van der Waals surface area (Å²) >= 11 is 0. The predicted octanol–water partition coefficient (Wildman–Crippen LogP) is -0.247. The Kier molecular flexibility index (Phi) is 1.64. The summed E-state index contributed by atoms with van der Waals surface area (Å²) in [4.78, 5) is 20.5. The molecule has 0 aromatic rings. The fraction of sp³-hybridized carbons (Fsp3) is 0.600. The second-order valence-electron chi connectivity index (χ2n) is 2.27. The normalized spacial score (nSPS) is 30.7. The molecule has 0 saturated carbocycles. The van der Waals surface area contributed by atoms with Gasteiger partial charge < -0.3 is 9.84 Å². The Morgan fingerprint density at radius 3 is 2.08 bits per heavy atom. The number of cyclic esters (lactones) is 1. The van der Waals surface area contributed by atoms with E-state index >= 15 is 0 Å². The minimum absolute atomic E-state index is 1.37. The second-order valence-corrected chi connectivity index (χ2v) is 2.27. The number of ether oxygens (including phenoxy) is 1. The van der Waals surface area contributed by atoms with E-state index in [4.69, 9.17) is 5.11 Å². The van der Waals surface area contributed by atoms with Crippen LogP contribution in [0.1, 0.15) is 6.42 Å². The van der Waals surface area contributed by atoms with Gasteiger partial charge in [0, 0.05) is 0 Å². The maximum atomic E-state index is 11.8. The number of ketones is 1. The van der Waals surface area contributed by atoms with Crippen LogP contribution in [0.2, 0.25) is 0 Å². The molecule has 1 heterocycles. The van der Waals surface area contributed by atoms with Crippen molar-refractivity contribution < 1.29 is 32.6 Å². The summed E-state index contributed by atoms with van der Waals surface area (Å²) in [6.45, 7) is 0. The molecule has 0 aliphatic carbocycles. The molecule has 1 N–H and O–H groups in total. The molecule has 1 fully saturated rings. The molecule has 1 aliphatic heterocycles. The Morgan fingerprint density at radius 1 is 1.42 bits per heavy atom. The maximum absolute atomic E-state index is 11.8. The molecular formula is C5H3F3O4. The Hall–Kier alpha value is -1.11. The van der Waals surface area contributed by atoms with E-state index in [-0.39, 0.29) is 0 Å². The zero-order valence-electron chi connectivity index (χ0n) is 5.51. The van der Waals surface area contributed by atoms with Crippen LogP contribution in [0.15, 0.2) is 0 Å². The lowest BCUT2D eigenvalue weighted by Gasteiger charge is -2.22. The lowest BCUT2D eigenvalue weighted by Crippen LogP contribution is -2.44. The summed E-state index contributed by atoms with van der Waals surface area (Å²) in [5.74, 6) is -6.66. The highest BCUT2D eigenvalue weighted by molar-refractivity contribution is 6.35. The van der Waals surface area contributed by atoms with Gasteiger partial charge in [0.25, 0.3) is 0 Å². The van der Waals surface area contributed by atoms with E-state index in [0.29, 0.717) is 0 Å². The molecule has 0 aromatic heterocycles. The third-order valence-corrected chi connectivity index (χ3v) is 1.33. The SMILES string of the molecule is O=C1CC(O)(C(F)(F)F)OC1=O. The number of esters is 1. The van der Waals surface area contributed by atoms with Crippen LogP contribution in [0, 0.1) is 0 Å². The third-order valence-electron chi connectivity index (χ3n) is 1.33. The number of aliphatic hydroxyl groups is 1. The van der Waals surface area contributed by atoms with Gasteiger partial charge >= 0.3 is 17.9 Å². The van der Waals surface area contributed by atoms with Crippen molar-refractivity contribution in [3.8, 4) is 0 Å². The summed E-state index contributed by atoms with van der Waals surface area (Å²) in [5, 5.41) is 8.58. The van der Waals surface area contributed by atoms with Crippen LogP contribution < -0.4 is 0 Å². The van der Waals surface area contributed by atoms with Crippen LogP contribution >= 0.6 is 0 Å². The van der Waals surface area contributed by atoms with Crippen molar-refractivity contribution >= 4 is 11.8 Å². The molecule has 4 nitrogen and oxygen atoms in total. The van der Waals surface area contributed by atoms with Gasteiger partial charge in [-0.3, -0.25) is 4.79 Å². The van der Waals surface area contributed by atoms with Crippen LogP contribution in [0.4, 0.5) is 13.2 Å². The molecule has 0 bridgehead atoms. The number of hydrogen-bond acceptors (Lipinski definition) is 4. The first kappa shape index (κ1) is 8.98. The van der Waals surface area contributed by atoms with Gasteiger partial charge in [-0.1, -0.05) is 0 Å². The number of Topliss-reactive ketones (excluding diaryl/α,β-unsaturated/α-hetero) is 1. The topological polar surface area (TPSA) is 63.6 Å². The summed E-state index contributed by atoms with van der Waals surface area (Å²) in [7, 11) is 0. The molecule has 0 spiro atoms. The average molecular weight is 184 g/mol. The van der Waals surface area contributed by atoms with Crippen LogP contribution in [-0.4, -0.2) is 28.8 Å². The number of carbonyl (C=O) groups is 2. The van der Waals surface area contributed by atoms with Gasteiger partial charge in [-0.2, -0.15) is 13.2 Å². The van der Waals surface area contributed by atoms with Crippen molar-refractivity contribution in [2.24, 2.45) is 0 Å². The van der Waals surface area contributed by atoms with Gasteiger partial charge in [0.15, 0.2) is 0 Å². The highest BCUT2D eigenvalue weighted by Gasteiger charge is 2.63. The largest absolute Gasteiger partial charge is 0.455 e. The fourth-order valence-electron chi connectivity index (χ4n) is 0.694. The summed E-state index contributed by atoms with van der Waals surface area (Å²) < 4.78 is 38.9. The van der Waals surface area contributed by atoms with Crippen LogP contribution in [0.5, 0.6) is 0 Å². The summed E-state index contributed by atoms with van der Waals surface area (Å²) in [6, 6.07) is 0. The number of carbonyl (C=O) groups excluding carboxylic acids is 2. The molecule has 12 heavy (non-hydrogen) atoms. The lowest BCUT2D eigenvalue weighted by molar-refractivity contribution is -0.339. The van der Waals surface area contributed by atoms with Crippen molar-refractivity contribution in [2.75, 3.05) is 0 Å². The second kappa shape index (κ2) is 2.19. The first-order valence-electron chi connectivity index (χ1n) is 2.81. The zero-order valence-corrected chi connectivity index (χ0v) is 5.51. The van der Waals surface area contributed by atoms with Crippen molar-refractivity contribution in [2.45, 2.75) is 18.4 Å². The average Bonchev–Trinajstić information content (AvgIpc) is 2.06. The molecule has 7 heteroatoms. The molecule has 0 aromatic carbocycles. The smallest absolute Gasteiger partial charge is 0.417 e. The number of hydrogen-bond donors (Lipinski definition) is 1. The minimum Gasteiger partial charge on any atom is -0.417 e. The van der Waals surface area contributed by atoms with Crippen molar-refractivity contribution in [1.29, 1.82) is 0 Å². The molecule has 0 amide bonds. The van der Waals surface area contributed by atoms with Crippen molar-refractivity contribution in [3.05, 3.63) is 0 Å². The van der Waals surface area contributed by atoms with Crippen LogP contribution in [0.25, 0.3) is 0 Å². The Balaban J connectivity index is 2.91. The molecular weight excluding hydrogens is 181 g/mol. The monoisotopic (exact) mass is 184 g/mol. The predicted molar refractivity (Wildman–Crippen MR) is 26.7 cm³/mol. The van der Waals surface area contributed by atoms with E-state index in [9.17, 15) is 22.8 Å². The van der Waals surface area contributed by atoms with E-state index in [1.165, 1.54) is 0 Å². The number of rotatable bonds is 0. The van der Waals surface area contributed by atoms with Gasteiger partial charge in [0.2, 0.25) is 5.78 Å². The molecule has 1 atom stereocenters. The molecule has 0 radical (unpaired) electrons. The lowest BCUT2D eigenvalue weighted by atomic mass is 10.2. The Labute approximate surface area is 63.9 Å². The molecule has 68 valence electrons.